The first kappa shape index (κ1) is 11.9. The van der Waals surface area contributed by atoms with Crippen LogP contribution in [0.25, 0.3) is 0 Å². The molecule has 1 aliphatic rings. The number of hydrogen-bond acceptors (Lipinski definition) is 5. The predicted octanol–water partition coefficient (Wildman–Crippen LogP) is 1.93. The van der Waals surface area contributed by atoms with Gasteiger partial charge < -0.3 is 10.5 Å². The second kappa shape index (κ2) is 4.84. The van der Waals surface area contributed by atoms with Gasteiger partial charge in [0, 0.05) is 12.0 Å². The Morgan fingerprint density at radius 3 is 2.95 bits per heavy atom. The van der Waals surface area contributed by atoms with Gasteiger partial charge in [-0.05, 0) is 12.5 Å². The van der Waals surface area contributed by atoms with E-state index in [0.29, 0.717) is 12.6 Å². The van der Waals surface area contributed by atoms with E-state index >= 15 is 0 Å². The summed E-state index contributed by atoms with van der Waals surface area (Å²) in [5, 5.41) is 0. The van der Waals surface area contributed by atoms with Crippen molar-refractivity contribution < 1.29 is 4.74 Å². The number of aromatic nitrogens is 3. The van der Waals surface area contributed by atoms with Gasteiger partial charge in [0.15, 0.2) is 0 Å². The molecule has 2 N–H and O–H groups in total. The smallest absolute Gasteiger partial charge is 0.223 e. The van der Waals surface area contributed by atoms with E-state index in [4.69, 9.17) is 10.5 Å². The van der Waals surface area contributed by atoms with Crippen LogP contribution >= 0.6 is 0 Å². The summed E-state index contributed by atoms with van der Waals surface area (Å²) in [7, 11) is 0. The van der Waals surface area contributed by atoms with Gasteiger partial charge in [-0.3, -0.25) is 0 Å². The Hall–Kier alpha value is -2.17. The fourth-order valence-corrected chi connectivity index (χ4v) is 2.38. The number of fused-ring (bicyclic) bond motifs is 1. The Kier molecular flexibility index (Phi) is 3.03. The minimum Gasteiger partial charge on any atom is -0.493 e. The van der Waals surface area contributed by atoms with Gasteiger partial charge in [-0.2, -0.15) is 9.97 Å². The van der Waals surface area contributed by atoms with Gasteiger partial charge in [0.25, 0.3) is 0 Å². The quantitative estimate of drug-likeness (QED) is 0.888. The number of anilines is 1. The van der Waals surface area contributed by atoms with E-state index in [-0.39, 0.29) is 5.92 Å². The van der Waals surface area contributed by atoms with Gasteiger partial charge >= 0.3 is 0 Å². The number of rotatable bonds is 2. The molecule has 1 aromatic carbocycles. The maximum atomic E-state index is 5.77. The highest BCUT2D eigenvalue weighted by atomic mass is 16.5. The van der Waals surface area contributed by atoms with Crippen LogP contribution in [0.15, 0.2) is 24.3 Å². The van der Waals surface area contributed by atoms with Gasteiger partial charge in [-0.1, -0.05) is 25.1 Å². The first-order valence-corrected chi connectivity index (χ1v) is 6.50. The molecule has 0 radical (unpaired) electrons. The Balaban J connectivity index is 2.06. The van der Waals surface area contributed by atoms with E-state index in [1.165, 1.54) is 0 Å². The van der Waals surface area contributed by atoms with Crippen molar-refractivity contribution in [3.05, 3.63) is 41.5 Å². The number of hydrogen-bond donors (Lipinski definition) is 1. The molecule has 1 aliphatic heterocycles. The van der Waals surface area contributed by atoms with E-state index < -0.39 is 0 Å². The van der Waals surface area contributed by atoms with Crippen molar-refractivity contribution in [3.63, 3.8) is 0 Å². The Morgan fingerprint density at radius 1 is 1.26 bits per heavy atom. The molecular formula is C14H16N4O. The molecule has 0 saturated heterocycles. The van der Waals surface area contributed by atoms with E-state index in [1.54, 1.807) is 0 Å². The van der Waals surface area contributed by atoms with E-state index in [1.807, 2.05) is 25.1 Å². The lowest BCUT2D eigenvalue weighted by Gasteiger charge is -2.24. The monoisotopic (exact) mass is 256 g/mol. The summed E-state index contributed by atoms with van der Waals surface area (Å²) in [6.45, 7) is 2.69. The highest BCUT2D eigenvalue weighted by Gasteiger charge is 2.25. The summed E-state index contributed by atoms with van der Waals surface area (Å²) in [6.07, 6.45) is 1.62. The van der Waals surface area contributed by atoms with Crippen LogP contribution in [-0.4, -0.2) is 21.6 Å². The van der Waals surface area contributed by atoms with Crippen molar-refractivity contribution >= 4 is 5.95 Å². The predicted molar refractivity (Wildman–Crippen MR) is 72.0 cm³/mol. The fourth-order valence-electron chi connectivity index (χ4n) is 2.38. The zero-order chi connectivity index (χ0) is 13.2. The summed E-state index contributed by atoms with van der Waals surface area (Å²) >= 11 is 0. The molecule has 0 fully saturated rings. The lowest BCUT2D eigenvalue weighted by molar-refractivity contribution is 0.274. The molecular weight excluding hydrogens is 240 g/mol. The van der Waals surface area contributed by atoms with Crippen molar-refractivity contribution in [1.82, 2.24) is 15.0 Å². The van der Waals surface area contributed by atoms with Crippen LogP contribution in [-0.2, 0) is 6.42 Å². The van der Waals surface area contributed by atoms with Gasteiger partial charge in [0.05, 0.1) is 12.5 Å². The maximum Gasteiger partial charge on any atom is 0.223 e. The number of para-hydroxylation sites is 1. The normalized spacial score (nSPS) is 17.6. The molecule has 1 aromatic heterocycles. The minimum absolute atomic E-state index is 0.139. The Bertz CT molecular complexity index is 600. The SMILES string of the molecule is CCc1nc(N)nc(C2CCOc3ccccc32)n1. The molecule has 1 atom stereocenters. The van der Waals surface area contributed by atoms with E-state index in [9.17, 15) is 0 Å². The molecule has 5 nitrogen and oxygen atoms in total. The van der Waals surface area contributed by atoms with Crippen LogP contribution in [0.4, 0.5) is 5.95 Å². The van der Waals surface area contributed by atoms with Crippen LogP contribution < -0.4 is 10.5 Å². The van der Waals surface area contributed by atoms with Crippen LogP contribution in [0, 0.1) is 0 Å². The number of benzene rings is 1. The third kappa shape index (κ3) is 2.23. The fraction of sp³-hybridized carbons (Fsp3) is 0.357. The lowest BCUT2D eigenvalue weighted by Crippen LogP contribution is -2.19. The summed E-state index contributed by atoms with van der Waals surface area (Å²) in [6, 6.07) is 8.02. The molecule has 0 saturated carbocycles. The van der Waals surface area contributed by atoms with Crippen molar-refractivity contribution in [2.24, 2.45) is 0 Å². The first-order valence-electron chi connectivity index (χ1n) is 6.50. The molecule has 0 amide bonds. The molecule has 0 bridgehead atoms. The third-order valence-corrected chi connectivity index (χ3v) is 3.30. The average molecular weight is 256 g/mol. The Labute approximate surface area is 111 Å². The maximum absolute atomic E-state index is 5.77. The van der Waals surface area contributed by atoms with Gasteiger partial charge in [0.2, 0.25) is 5.95 Å². The molecule has 98 valence electrons. The Morgan fingerprint density at radius 2 is 2.11 bits per heavy atom. The van der Waals surface area contributed by atoms with Gasteiger partial charge in [0.1, 0.15) is 17.4 Å². The highest BCUT2D eigenvalue weighted by Crippen LogP contribution is 2.36. The zero-order valence-corrected chi connectivity index (χ0v) is 10.8. The number of ether oxygens (including phenoxy) is 1. The molecule has 5 heteroatoms. The second-order valence-corrected chi connectivity index (χ2v) is 4.55. The van der Waals surface area contributed by atoms with Crippen molar-refractivity contribution in [2.45, 2.75) is 25.7 Å². The number of nitrogen functional groups attached to an aromatic ring is 1. The largest absolute Gasteiger partial charge is 0.493 e. The summed E-state index contributed by atoms with van der Waals surface area (Å²) in [4.78, 5) is 12.9. The standard InChI is InChI=1S/C14H16N4O/c1-2-12-16-13(18-14(15)17-12)10-7-8-19-11-6-4-3-5-9(10)11/h3-6,10H,2,7-8H2,1H3,(H2,15,16,17,18). The highest BCUT2D eigenvalue weighted by molar-refractivity contribution is 5.41. The molecule has 0 spiro atoms. The van der Waals surface area contributed by atoms with Gasteiger partial charge in [-0.15, -0.1) is 0 Å². The van der Waals surface area contributed by atoms with Crippen LogP contribution in [0.3, 0.4) is 0 Å². The molecule has 3 rings (SSSR count). The zero-order valence-electron chi connectivity index (χ0n) is 10.8. The van der Waals surface area contributed by atoms with Crippen LogP contribution in [0.2, 0.25) is 0 Å². The van der Waals surface area contributed by atoms with Crippen LogP contribution in [0.1, 0.15) is 36.5 Å². The number of nitrogens with zero attached hydrogens (tertiary/aromatic N) is 3. The van der Waals surface area contributed by atoms with Crippen molar-refractivity contribution in [3.8, 4) is 5.75 Å². The van der Waals surface area contributed by atoms with E-state index in [0.717, 1.165) is 35.8 Å². The summed E-state index contributed by atoms with van der Waals surface area (Å²) in [5.41, 5.74) is 6.89. The molecule has 19 heavy (non-hydrogen) atoms. The van der Waals surface area contributed by atoms with Crippen molar-refractivity contribution in [2.75, 3.05) is 12.3 Å². The summed E-state index contributed by atoms with van der Waals surface area (Å²) < 4.78 is 5.66. The second-order valence-electron chi connectivity index (χ2n) is 4.55. The lowest BCUT2D eigenvalue weighted by atomic mass is 9.92. The first-order chi connectivity index (χ1) is 9.28. The third-order valence-electron chi connectivity index (χ3n) is 3.30. The molecule has 1 unspecified atom stereocenters. The van der Waals surface area contributed by atoms with E-state index in [2.05, 4.69) is 21.0 Å². The molecule has 2 heterocycles. The number of aryl methyl sites for hydroxylation is 1. The van der Waals surface area contributed by atoms with Crippen LogP contribution in [0.5, 0.6) is 5.75 Å². The average Bonchev–Trinajstić information content (AvgIpc) is 2.46. The topological polar surface area (TPSA) is 73.9 Å². The molecule has 2 aromatic rings. The minimum atomic E-state index is 0.139. The molecule has 0 aliphatic carbocycles. The summed E-state index contributed by atoms with van der Waals surface area (Å²) in [5.74, 6) is 2.84. The van der Waals surface area contributed by atoms with Crippen molar-refractivity contribution in [1.29, 1.82) is 0 Å². The number of nitrogens with two attached hydrogens (primary N) is 1. The van der Waals surface area contributed by atoms with Gasteiger partial charge in [-0.25, -0.2) is 4.98 Å².